The van der Waals surface area contributed by atoms with Crippen molar-refractivity contribution in [1.82, 2.24) is 5.16 Å². The van der Waals surface area contributed by atoms with E-state index in [1.807, 2.05) is 25.1 Å². The summed E-state index contributed by atoms with van der Waals surface area (Å²) < 4.78 is 19.5. The van der Waals surface area contributed by atoms with E-state index in [-0.39, 0.29) is 11.6 Å². The Hall–Kier alpha value is -2.14. The highest BCUT2D eigenvalue weighted by Crippen LogP contribution is 2.37. The maximum Gasteiger partial charge on any atom is 0.176 e. The number of anilines is 1. The van der Waals surface area contributed by atoms with Gasteiger partial charge in [-0.1, -0.05) is 33.2 Å². The Kier molecular flexibility index (Phi) is 3.51. The van der Waals surface area contributed by atoms with Gasteiger partial charge in [-0.25, -0.2) is 4.39 Å². The molecule has 3 nitrogen and oxygen atoms in total. The normalized spacial score (nSPS) is 10.8. The Morgan fingerprint density at radius 3 is 2.43 bits per heavy atom. The van der Waals surface area contributed by atoms with E-state index in [0.717, 1.165) is 21.2 Å². The average molecular weight is 347 g/mol. The zero-order chi connectivity index (χ0) is 15.0. The van der Waals surface area contributed by atoms with Crippen LogP contribution in [0.4, 0.5) is 10.2 Å². The van der Waals surface area contributed by atoms with Gasteiger partial charge >= 0.3 is 0 Å². The van der Waals surface area contributed by atoms with Gasteiger partial charge < -0.3 is 10.3 Å². The molecule has 21 heavy (non-hydrogen) atoms. The van der Waals surface area contributed by atoms with Crippen molar-refractivity contribution in [3.8, 4) is 22.5 Å². The van der Waals surface area contributed by atoms with Gasteiger partial charge in [-0.05, 0) is 48.4 Å². The third kappa shape index (κ3) is 2.56. The molecule has 0 bridgehead atoms. The molecule has 3 rings (SSSR count). The molecule has 3 aromatic rings. The first-order valence-electron chi connectivity index (χ1n) is 6.34. The summed E-state index contributed by atoms with van der Waals surface area (Å²) in [4.78, 5) is 0. The van der Waals surface area contributed by atoms with Crippen LogP contribution in [0.2, 0.25) is 0 Å². The van der Waals surface area contributed by atoms with Crippen LogP contribution in [0.5, 0.6) is 0 Å². The van der Waals surface area contributed by atoms with Crippen LogP contribution >= 0.6 is 15.9 Å². The Bertz CT molecular complexity index is 797. The van der Waals surface area contributed by atoms with E-state index in [9.17, 15) is 4.39 Å². The Morgan fingerprint density at radius 1 is 1.10 bits per heavy atom. The molecule has 1 aromatic heterocycles. The van der Waals surface area contributed by atoms with E-state index in [2.05, 4.69) is 21.1 Å². The van der Waals surface area contributed by atoms with Gasteiger partial charge in [0.15, 0.2) is 11.6 Å². The molecule has 1 heterocycles. The minimum Gasteiger partial charge on any atom is -0.380 e. The fraction of sp³-hybridized carbons (Fsp3) is 0.0625. The number of nitrogens with zero attached hydrogens (tertiary/aromatic N) is 1. The fourth-order valence-electron chi connectivity index (χ4n) is 2.18. The number of benzene rings is 2. The molecular formula is C16H12BrFN2O. The zero-order valence-corrected chi connectivity index (χ0v) is 12.8. The molecule has 0 aliphatic rings. The summed E-state index contributed by atoms with van der Waals surface area (Å²) in [6.45, 7) is 1.99. The molecule has 0 aliphatic carbocycles. The molecule has 0 radical (unpaired) electrons. The standard InChI is InChI=1S/C16H12BrFN2O/c1-9-8-11(4-7-13(9)17)15-14(16(19)20-21-15)10-2-5-12(18)6-3-10/h2-8H,1H3,(H2,19,20). The summed E-state index contributed by atoms with van der Waals surface area (Å²) in [5.41, 5.74) is 9.31. The van der Waals surface area contributed by atoms with E-state index in [4.69, 9.17) is 10.3 Å². The van der Waals surface area contributed by atoms with E-state index in [0.29, 0.717) is 11.3 Å². The third-order valence-corrected chi connectivity index (χ3v) is 4.16. The van der Waals surface area contributed by atoms with Gasteiger partial charge in [0, 0.05) is 10.0 Å². The summed E-state index contributed by atoms with van der Waals surface area (Å²) in [6.07, 6.45) is 0. The van der Waals surface area contributed by atoms with Crippen LogP contribution in [0.1, 0.15) is 5.56 Å². The minimum atomic E-state index is -0.296. The Balaban J connectivity index is 2.16. The molecule has 5 heteroatoms. The van der Waals surface area contributed by atoms with E-state index in [1.165, 1.54) is 12.1 Å². The highest BCUT2D eigenvalue weighted by Gasteiger charge is 2.18. The topological polar surface area (TPSA) is 52.0 Å². The number of nitrogens with two attached hydrogens (primary N) is 1. The van der Waals surface area contributed by atoms with E-state index >= 15 is 0 Å². The summed E-state index contributed by atoms with van der Waals surface area (Å²) in [5.74, 6) is 0.571. The Labute approximate surface area is 129 Å². The molecule has 2 N–H and O–H groups in total. The minimum absolute atomic E-state index is 0.289. The SMILES string of the molecule is Cc1cc(-c2onc(N)c2-c2ccc(F)cc2)ccc1Br. The summed E-state index contributed by atoms with van der Waals surface area (Å²) in [6, 6.07) is 11.9. The number of halogens is 2. The van der Waals surface area contributed by atoms with E-state index in [1.54, 1.807) is 12.1 Å². The van der Waals surface area contributed by atoms with Crippen LogP contribution in [-0.4, -0.2) is 5.16 Å². The van der Waals surface area contributed by atoms with Crippen molar-refractivity contribution >= 4 is 21.7 Å². The van der Waals surface area contributed by atoms with Crippen molar-refractivity contribution in [2.24, 2.45) is 0 Å². The van der Waals surface area contributed by atoms with Gasteiger partial charge in [0.25, 0.3) is 0 Å². The van der Waals surface area contributed by atoms with Gasteiger partial charge in [-0.2, -0.15) is 0 Å². The van der Waals surface area contributed by atoms with Crippen molar-refractivity contribution in [1.29, 1.82) is 0 Å². The van der Waals surface area contributed by atoms with Crippen LogP contribution in [0.15, 0.2) is 51.5 Å². The van der Waals surface area contributed by atoms with Crippen LogP contribution in [0.25, 0.3) is 22.5 Å². The number of aryl methyl sites for hydroxylation is 1. The molecule has 0 saturated carbocycles. The van der Waals surface area contributed by atoms with Crippen LogP contribution < -0.4 is 5.73 Å². The lowest BCUT2D eigenvalue weighted by Gasteiger charge is -2.05. The number of nitrogen functional groups attached to an aromatic ring is 1. The lowest BCUT2D eigenvalue weighted by molar-refractivity contribution is 0.436. The van der Waals surface area contributed by atoms with Crippen molar-refractivity contribution in [3.63, 3.8) is 0 Å². The maximum atomic E-state index is 13.1. The largest absolute Gasteiger partial charge is 0.380 e. The highest BCUT2D eigenvalue weighted by atomic mass is 79.9. The first kappa shape index (κ1) is 13.8. The molecule has 0 aliphatic heterocycles. The van der Waals surface area contributed by atoms with Crippen LogP contribution in [0.3, 0.4) is 0 Å². The molecule has 2 aromatic carbocycles. The van der Waals surface area contributed by atoms with Crippen molar-refractivity contribution in [3.05, 3.63) is 58.3 Å². The number of hydrogen-bond acceptors (Lipinski definition) is 3. The lowest BCUT2D eigenvalue weighted by atomic mass is 10.0. The first-order chi connectivity index (χ1) is 10.1. The fourth-order valence-corrected chi connectivity index (χ4v) is 2.43. The molecule has 0 atom stereocenters. The molecule has 0 amide bonds. The molecule has 106 valence electrons. The van der Waals surface area contributed by atoms with Crippen molar-refractivity contribution in [2.75, 3.05) is 5.73 Å². The zero-order valence-electron chi connectivity index (χ0n) is 11.2. The van der Waals surface area contributed by atoms with Crippen LogP contribution in [-0.2, 0) is 0 Å². The second-order valence-electron chi connectivity index (χ2n) is 4.74. The second kappa shape index (κ2) is 5.33. The average Bonchev–Trinajstić information content (AvgIpc) is 2.85. The highest BCUT2D eigenvalue weighted by molar-refractivity contribution is 9.10. The summed E-state index contributed by atoms with van der Waals surface area (Å²) in [5, 5.41) is 3.84. The number of aromatic nitrogens is 1. The molecular weight excluding hydrogens is 335 g/mol. The maximum absolute atomic E-state index is 13.1. The predicted octanol–water partition coefficient (Wildman–Crippen LogP) is 4.80. The van der Waals surface area contributed by atoms with Gasteiger partial charge in [0.05, 0.1) is 5.56 Å². The van der Waals surface area contributed by atoms with E-state index < -0.39 is 0 Å². The van der Waals surface area contributed by atoms with Gasteiger partial charge in [0.2, 0.25) is 0 Å². The lowest BCUT2D eigenvalue weighted by Crippen LogP contribution is -1.89. The van der Waals surface area contributed by atoms with Crippen molar-refractivity contribution < 1.29 is 8.91 Å². The monoisotopic (exact) mass is 346 g/mol. The molecule has 0 saturated heterocycles. The Morgan fingerprint density at radius 2 is 1.76 bits per heavy atom. The second-order valence-corrected chi connectivity index (χ2v) is 5.60. The van der Waals surface area contributed by atoms with Gasteiger partial charge in [0.1, 0.15) is 5.82 Å². The third-order valence-electron chi connectivity index (χ3n) is 3.27. The molecule has 0 spiro atoms. The van der Waals surface area contributed by atoms with Gasteiger partial charge in [-0.15, -0.1) is 0 Å². The molecule has 0 unspecified atom stereocenters. The molecule has 0 fully saturated rings. The summed E-state index contributed by atoms with van der Waals surface area (Å²) in [7, 11) is 0. The predicted molar refractivity (Wildman–Crippen MR) is 84.2 cm³/mol. The number of rotatable bonds is 2. The van der Waals surface area contributed by atoms with Crippen LogP contribution in [0, 0.1) is 12.7 Å². The smallest absolute Gasteiger partial charge is 0.176 e. The summed E-state index contributed by atoms with van der Waals surface area (Å²) >= 11 is 3.47. The van der Waals surface area contributed by atoms with Gasteiger partial charge in [-0.3, -0.25) is 0 Å². The quantitative estimate of drug-likeness (QED) is 0.724. The number of hydrogen-bond donors (Lipinski definition) is 1. The van der Waals surface area contributed by atoms with Crippen molar-refractivity contribution in [2.45, 2.75) is 6.92 Å². The first-order valence-corrected chi connectivity index (χ1v) is 7.13.